The van der Waals surface area contributed by atoms with Crippen LogP contribution in [0.5, 0.6) is 5.75 Å². The van der Waals surface area contributed by atoms with Crippen LogP contribution in [0.25, 0.3) is 0 Å². The molecule has 0 aromatic heterocycles. The van der Waals surface area contributed by atoms with Crippen LogP contribution in [0.2, 0.25) is 0 Å². The second-order valence-electron chi connectivity index (χ2n) is 6.07. The van der Waals surface area contributed by atoms with Crippen LogP contribution in [0.1, 0.15) is 24.8 Å². The third-order valence-electron chi connectivity index (χ3n) is 3.91. The van der Waals surface area contributed by atoms with Gasteiger partial charge in [0.2, 0.25) is 0 Å². The summed E-state index contributed by atoms with van der Waals surface area (Å²) in [5.74, 6) is -0.387. The summed E-state index contributed by atoms with van der Waals surface area (Å²) in [4.78, 5) is 23.2. The third kappa shape index (κ3) is 7.37. The van der Waals surface area contributed by atoms with E-state index in [1.165, 1.54) is 0 Å². The molecule has 0 bridgehead atoms. The molecule has 0 saturated carbocycles. The first-order chi connectivity index (χ1) is 13.1. The van der Waals surface area contributed by atoms with Crippen LogP contribution in [0, 0.1) is 0 Å². The van der Waals surface area contributed by atoms with Crippen LogP contribution in [-0.4, -0.2) is 29.7 Å². The number of nitrogens with two attached hydrogens (primary N) is 1. The molecule has 7 nitrogen and oxygen atoms in total. The average Bonchev–Trinajstić information content (AvgIpc) is 2.67. The average molecular weight is 371 g/mol. The van der Waals surface area contributed by atoms with E-state index in [4.69, 9.17) is 10.5 Å². The van der Waals surface area contributed by atoms with Gasteiger partial charge in [0.1, 0.15) is 18.4 Å². The van der Waals surface area contributed by atoms with Gasteiger partial charge in [-0.2, -0.15) is 0 Å². The van der Waals surface area contributed by atoms with Gasteiger partial charge in [-0.15, -0.1) is 0 Å². The van der Waals surface area contributed by atoms with Crippen LogP contribution in [-0.2, 0) is 11.4 Å². The highest BCUT2D eigenvalue weighted by molar-refractivity contribution is 5.92. The zero-order valence-corrected chi connectivity index (χ0v) is 15.1. The second kappa shape index (κ2) is 10.8. The zero-order valence-electron chi connectivity index (χ0n) is 15.1. The molecule has 27 heavy (non-hydrogen) atoms. The molecule has 1 unspecified atom stereocenters. The molecular formula is C20H25N3O4. The van der Waals surface area contributed by atoms with E-state index in [1.54, 1.807) is 24.3 Å². The number of amides is 2. The molecule has 2 aromatic rings. The topological polar surface area (TPSA) is 114 Å². The van der Waals surface area contributed by atoms with Crippen molar-refractivity contribution in [1.82, 2.24) is 5.32 Å². The van der Waals surface area contributed by atoms with Gasteiger partial charge >= 0.3 is 12.0 Å². The van der Waals surface area contributed by atoms with Crippen molar-refractivity contribution < 1.29 is 19.4 Å². The van der Waals surface area contributed by atoms with Gasteiger partial charge in [-0.05, 0) is 55.6 Å². The molecular weight excluding hydrogens is 346 g/mol. The number of carbonyl (C=O) groups excluding carboxylic acids is 1. The number of ether oxygens (including phenoxy) is 1. The van der Waals surface area contributed by atoms with Crippen LogP contribution in [0.3, 0.4) is 0 Å². The Labute approximate surface area is 158 Å². The maximum Gasteiger partial charge on any atom is 0.326 e. The number of carbonyl (C=O) groups is 2. The van der Waals surface area contributed by atoms with Crippen LogP contribution >= 0.6 is 0 Å². The normalized spacial score (nSPS) is 11.4. The molecule has 0 aliphatic rings. The highest BCUT2D eigenvalue weighted by Gasteiger charge is 2.19. The monoisotopic (exact) mass is 371 g/mol. The highest BCUT2D eigenvalue weighted by Crippen LogP contribution is 2.17. The molecule has 144 valence electrons. The van der Waals surface area contributed by atoms with E-state index in [1.807, 2.05) is 30.3 Å². The highest BCUT2D eigenvalue weighted by atomic mass is 16.5. The first kappa shape index (κ1) is 20.3. The number of aliphatic carboxylic acids is 1. The maximum absolute atomic E-state index is 12.0. The first-order valence-corrected chi connectivity index (χ1v) is 8.85. The Hall–Kier alpha value is -3.06. The largest absolute Gasteiger partial charge is 0.489 e. The van der Waals surface area contributed by atoms with Gasteiger partial charge in [-0.3, -0.25) is 0 Å². The lowest BCUT2D eigenvalue weighted by Gasteiger charge is -2.15. The molecule has 0 saturated heterocycles. The van der Waals surface area contributed by atoms with E-state index in [9.17, 15) is 14.7 Å². The van der Waals surface area contributed by atoms with Gasteiger partial charge in [0.25, 0.3) is 0 Å². The Morgan fingerprint density at radius 3 is 2.37 bits per heavy atom. The summed E-state index contributed by atoms with van der Waals surface area (Å²) >= 11 is 0. The van der Waals surface area contributed by atoms with Crippen molar-refractivity contribution in [2.24, 2.45) is 5.73 Å². The molecule has 0 fully saturated rings. The third-order valence-corrected chi connectivity index (χ3v) is 3.91. The molecule has 2 aromatic carbocycles. The Morgan fingerprint density at radius 1 is 1.04 bits per heavy atom. The molecule has 0 aliphatic carbocycles. The fourth-order valence-corrected chi connectivity index (χ4v) is 2.45. The fraction of sp³-hybridized carbons (Fsp3) is 0.300. The molecule has 1 atom stereocenters. The van der Waals surface area contributed by atoms with Gasteiger partial charge < -0.3 is 26.2 Å². The lowest BCUT2D eigenvalue weighted by atomic mass is 10.1. The smallest absolute Gasteiger partial charge is 0.326 e. The van der Waals surface area contributed by atoms with Gasteiger partial charge in [0.05, 0.1) is 0 Å². The van der Waals surface area contributed by atoms with E-state index in [2.05, 4.69) is 10.6 Å². The number of urea groups is 1. The standard InChI is InChI=1S/C20H25N3O4/c21-13-5-4-8-18(19(24)25)23-20(26)22-16-9-11-17(12-10-16)27-14-15-6-2-1-3-7-15/h1-3,6-7,9-12,18H,4-5,8,13-14,21H2,(H,24,25)(H2,22,23,26). The van der Waals surface area contributed by atoms with Crippen LogP contribution in [0.4, 0.5) is 10.5 Å². The molecule has 2 amide bonds. The summed E-state index contributed by atoms with van der Waals surface area (Å²) in [5, 5.41) is 14.3. The van der Waals surface area contributed by atoms with E-state index < -0.39 is 18.0 Å². The predicted molar refractivity (Wildman–Crippen MR) is 104 cm³/mol. The number of carboxylic acids is 1. The number of unbranched alkanes of at least 4 members (excludes halogenated alkanes) is 1. The number of rotatable bonds is 10. The van der Waals surface area contributed by atoms with Gasteiger partial charge in [0, 0.05) is 5.69 Å². The Kier molecular flexibility index (Phi) is 8.12. The molecule has 0 spiro atoms. The predicted octanol–water partition coefficient (Wildman–Crippen LogP) is 2.97. The first-order valence-electron chi connectivity index (χ1n) is 8.85. The molecule has 0 heterocycles. The lowest BCUT2D eigenvalue weighted by Crippen LogP contribution is -2.43. The molecule has 2 rings (SSSR count). The Morgan fingerprint density at radius 2 is 1.74 bits per heavy atom. The summed E-state index contributed by atoms with van der Waals surface area (Å²) < 4.78 is 5.69. The number of anilines is 1. The summed E-state index contributed by atoms with van der Waals surface area (Å²) in [5.41, 5.74) is 7.01. The number of carboxylic acid groups (broad SMARTS) is 1. The van der Waals surface area contributed by atoms with Crippen molar-refractivity contribution in [2.75, 3.05) is 11.9 Å². The van der Waals surface area contributed by atoms with Crippen molar-refractivity contribution in [3.05, 3.63) is 60.2 Å². The summed E-state index contributed by atoms with van der Waals surface area (Å²) in [6.45, 7) is 0.953. The zero-order chi connectivity index (χ0) is 19.5. The van der Waals surface area contributed by atoms with Crippen molar-refractivity contribution in [3.8, 4) is 5.75 Å². The fourth-order valence-electron chi connectivity index (χ4n) is 2.45. The summed E-state index contributed by atoms with van der Waals surface area (Å²) in [6.07, 6.45) is 1.70. The van der Waals surface area contributed by atoms with E-state index in [0.717, 1.165) is 12.0 Å². The summed E-state index contributed by atoms with van der Waals surface area (Å²) in [6, 6.07) is 15.2. The molecule has 0 radical (unpaired) electrons. The number of hydrogen-bond acceptors (Lipinski definition) is 4. The maximum atomic E-state index is 12.0. The van der Waals surface area contributed by atoms with E-state index >= 15 is 0 Å². The van der Waals surface area contributed by atoms with Crippen LogP contribution in [0.15, 0.2) is 54.6 Å². The van der Waals surface area contributed by atoms with E-state index in [-0.39, 0.29) is 0 Å². The Balaban J connectivity index is 1.82. The van der Waals surface area contributed by atoms with E-state index in [0.29, 0.717) is 37.4 Å². The van der Waals surface area contributed by atoms with Gasteiger partial charge in [-0.1, -0.05) is 30.3 Å². The quantitative estimate of drug-likeness (QED) is 0.480. The molecule has 7 heteroatoms. The van der Waals surface area contributed by atoms with Gasteiger partial charge in [-0.25, -0.2) is 9.59 Å². The lowest BCUT2D eigenvalue weighted by molar-refractivity contribution is -0.139. The minimum atomic E-state index is -1.06. The van der Waals surface area contributed by atoms with Gasteiger partial charge in [0.15, 0.2) is 0 Å². The molecule has 0 aliphatic heterocycles. The second-order valence-corrected chi connectivity index (χ2v) is 6.07. The Bertz CT molecular complexity index is 720. The minimum Gasteiger partial charge on any atom is -0.489 e. The van der Waals surface area contributed by atoms with Crippen molar-refractivity contribution in [3.63, 3.8) is 0 Å². The van der Waals surface area contributed by atoms with Crippen molar-refractivity contribution in [1.29, 1.82) is 0 Å². The minimum absolute atomic E-state index is 0.340. The number of hydrogen-bond donors (Lipinski definition) is 4. The number of nitrogens with one attached hydrogen (secondary N) is 2. The van der Waals surface area contributed by atoms with Crippen molar-refractivity contribution in [2.45, 2.75) is 31.9 Å². The molecule has 5 N–H and O–H groups in total. The van der Waals surface area contributed by atoms with Crippen molar-refractivity contribution >= 4 is 17.7 Å². The van der Waals surface area contributed by atoms with Crippen LogP contribution < -0.4 is 21.1 Å². The summed E-state index contributed by atoms with van der Waals surface area (Å²) in [7, 11) is 0. The number of benzene rings is 2. The SMILES string of the molecule is NCCCCC(NC(=O)Nc1ccc(OCc2ccccc2)cc1)C(=O)O.